The van der Waals surface area contributed by atoms with Gasteiger partial charge in [-0.3, -0.25) is 24.6 Å². The van der Waals surface area contributed by atoms with Crippen LogP contribution >= 0.6 is 0 Å². The molecule has 9 nitrogen and oxygen atoms in total. The van der Waals surface area contributed by atoms with E-state index in [0.29, 0.717) is 30.8 Å². The van der Waals surface area contributed by atoms with Gasteiger partial charge in [0.25, 0.3) is 17.4 Å². The predicted molar refractivity (Wildman–Crippen MR) is 130 cm³/mol. The average molecular weight is 480 g/mol. The fraction of sp³-hybridized carbons (Fsp3) is 0.385. The van der Waals surface area contributed by atoms with Crippen LogP contribution in [0.2, 0.25) is 0 Å². The van der Waals surface area contributed by atoms with Crippen LogP contribution in [0.4, 0.5) is 5.69 Å². The number of hydrogen-bond acceptors (Lipinski definition) is 7. The van der Waals surface area contributed by atoms with E-state index < -0.39 is 22.7 Å². The van der Waals surface area contributed by atoms with Crippen molar-refractivity contribution in [2.75, 3.05) is 39.4 Å². The maximum Gasteiger partial charge on any atom is 0.295 e. The first-order chi connectivity index (χ1) is 16.8. The van der Waals surface area contributed by atoms with Gasteiger partial charge in [-0.1, -0.05) is 29.8 Å². The SMILES string of the molecule is Cc1ccc(C)c(/C(O)=C2/C(=O)C(=O)N(CCCN3CCOCC3)C2c2cccc([N+](=O)[O-])c2)c1. The molecule has 2 heterocycles. The zero-order chi connectivity index (χ0) is 25.1. The Bertz CT molecular complexity index is 1190. The molecule has 0 spiro atoms. The summed E-state index contributed by atoms with van der Waals surface area (Å²) in [6.07, 6.45) is 0.613. The number of nitro groups is 1. The summed E-state index contributed by atoms with van der Waals surface area (Å²) >= 11 is 0. The van der Waals surface area contributed by atoms with Crippen LogP contribution in [0.15, 0.2) is 48.0 Å². The number of likely N-dealkylation sites (tertiary alicyclic amines) is 1. The number of carbonyl (C=O) groups excluding carboxylic acids is 2. The standard InChI is InChI=1S/C26H29N3O6/c1-17-7-8-18(2)21(15-17)24(30)22-23(19-5-3-6-20(16-19)29(33)34)28(26(32)25(22)31)10-4-9-27-11-13-35-14-12-27/h3,5-8,15-16,23,30H,4,9-14H2,1-2H3/b24-22-. The molecule has 0 saturated carbocycles. The molecule has 2 aliphatic rings. The molecule has 1 N–H and O–H groups in total. The van der Waals surface area contributed by atoms with E-state index in [1.165, 1.54) is 23.1 Å². The Labute approximate surface area is 203 Å². The number of ether oxygens (including phenoxy) is 1. The minimum absolute atomic E-state index is 0.0458. The van der Waals surface area contributed by atoms with Gasteiger partial charge in [0.15, 0.2) is 0 Å². The average Bonchev–Trinajstić information content (AvgIpc) is 3.11. The number of nitrogens with zero attached hydrogens (tertiary/aromatic N) is 3. The van der Waals surface area contributed by atoms with Gasteiger partial charge in [-0.05, 0) is 37.5 Å². The number of amides is 1. The first kappa shape index (κ1) is 24.6. The fourth-order valence-corrected chi connectivity index (χ4v) is 4.69. The maximum absolute atomic E-state index is 13.2. The number of carbonyl (C=O) groups is 2. The summed E-state index contributed by atoms with van der Waals surface area (Å²) in [5.74, 6) is -1.77. The number of rotatable bonds is 7. The summed E-state index contributed by atoms with van der Waals surface area (Å²) in [5, 5.41) is 22.7. The number of hydrogen-bond donors (Lipinski definition) is 1. The first-order valence-corrected chi connectivity index (χ1v) is 11.7. The molecule has 35 heavy (non-hydrogen) atoms. The van der Waals surface area contributed by atoms with Gasteiger partial charge in [0.2, 0.25) is 0 Å². The highest BCUT2D eigenvalue weighted by molar-refractivity contribution is 6.46. The number of Topliss-reactive ketones (excluding diaryl/α,β-unsaturated/α-hetero) is 1. The number of benzene rings is 2. The summed E-state index contributed by atoms with van der Waals surface area (Å²) in [6.45, 7) is 7.62. The second-order valence-electron chi connectivity index (χ2n) is 8.97. The number of nitro benzene ring substituents is 1. The third-order valence-corrected chi connectivity index (χ3v) is 6.56. The molecular formula is C26H29N3O6. The van der Waals surface area contributed by atoms with Crippen molar-refractivity contribution in [1.82, 2.24) is 9.80 Å². The van der Waals surface area contributed by atoms with Crippen LogP contribution in [0.1, 0.15) is 34.7 Å². The van der Waals surface area contributed by atoms with Gasteiger partial charge in [0.05, 0.1) is 29.8 Å². The number of ketones is 1. The van der Waals surface area contributed by atoms with E-state index in [1.54, 1.807) is 12.1 Å². The molecule has 2 aliphatic heterocycles. The molecule has 4 rings (SSSR count). The summed E-state index contributed by atoms with van der Waals surface area (Å²) in [7, 11) is 0. The third-order valence-electron chi connectivity index (χ3n) is 6.56. The van der Waals surface area contributed by atoms with Crippen LogP contribution in [0, 0.1) is 24.0 Å². The Morgan fingerprint density at radius 2 is 1.86 bits per heavy atom. The van der Waals surface area contributed by atoms with E-state index in [9.17, 15) is 24.8 Å². The predicted octanol–water partition coefficient (Wildman–Crippen LogP) is 3.36. The van der Waals surface area contributed by atoms with E-state index in [4.69, 9.17) is 4.74 Å². The van der Waals surface area contributed by atoms with Crippen LogP contribution in [0.5, 0.6) is 0 Å². The van der Waals surface area contributed by atoms with Crippen molar-refractivity contribution < 1.29 is 24.4 Å². The molecule has 2 saturated heterocycles. The molecule has 1 atom stereocenters. The zero-order valence-corrected chi connectivity index (χ0v) is 19.9. The monoisotopic (exact) mass is 479 g/mol. The Morgan fingerprint density at radius 1 is 1.11 bits per heavy atom. The molecule has 184 valence electrons. The Balaban J connectivity index is 1.74. The molecular weight excluding hydrogens is 450 g/mol. The summed E-state index contributed by atoms with van der Waals surface area (Å²) in [4.78, 5) is 40.9. The molecule has 9 heteroatoms. The molecule has 0 aromatic heterocycles. The quantitative estimate of drug-likeness (QED) is 0.213. The summed E-state index contributed by atoms with van der Waals surface area (Å²) in [5.41, 5.74) is 2.33. The molecule has 2 aromatic rings. The minimum atomic E-state index is -0.917. The van der Waals surface area contributed by atoms with Crippen molar-refractivity contribution in [2.24, 2.45) is 0 Å². The zero-order valence-electron chi connectivity index (χ0n) is 19.9. The highest BCUT2D eigenvalue weighted by Gasteiger charge is 2.46. The lowest BCUT2D eigenvalue weighted by atomic mass is 9.93. The summed E-state index contributed by atoms with van der Waals surface area (Å²) in [6, 6.07) is 10.5. The van der Waals surface area contributed by atoms with Crippen LogP contribution in [-0.4, -0.2) is 70.9 Å². The van der Waals surface area contributed by atoms with E-state index in [-0.39, 0.29) is 23.6 Å². The number of aliphatic hydroxyl groups is 1. The molecule has 0 aliphatic carbocycles. The Kier molecular flexibility index (Phi) is 7.28. The lowest BCUT2D eigenvalue weighted by molar-refractivity contribution is -0.384. The van der Waals surface area contributed by atoms with E-state index in [2.05, 4.69) is 4.90 Å². The number of morpholine rings is 1. The molecule has 0 radical (unpaired) electrons. The maximum atomic E-state index is 13.2. The van der Waals surface area contributed by atoms with Gasteiger partial charge in [-0.2, -0.15) is 0 Å². The Morgan fingerprint density at radius 3 is 2.57 bits per heavy atom. The van der Waals surface area contributed by atoms with Gasteiger partial charge >= 0.3 is 0 Å². The van der Waals surface area contributed by atoms with Crippen LogP contribution < -0.4 is 0 Å². The fourth-order valence-electron chi connectivity index (χ4n) is 4.69. The van der Waals surface area contributed by atoms with Gasteiger partial charge in [0.1, 0.15) is 5.76 Å². The van der Waals surface area contributed by atoms with Gasteiger partial charge < -0.3 is 14.7 Å². The Hall–Kier alpha value is -3.56. The first-order valence-electron chi connectivity index (χ1n) is 11.7. The van der Waals surface area contributed by atoms with Crippen molar-refractivity contribution in [2.45, 2.75) is 26.3 Å². The molecule has 1 amide bonds. The highest BCUT2D eigenvalue weighted by atomic mass is 16.6. The lowest BCUT2D eigenvalue weighted by Gasteiger charge is -2.29. The van der Waals surface area contributed by atoms with E-state index in [0.717, 1.165) is 30.8 Å². The minimum Gasteiger partial charge on any atom is -0.507 e. The summed E-state index contributed by atoms with van der Waals surface area (Å²) < 4.78 is 5.38. The van der Waals surface area contributed by atoms with Crippen molar-refractivity contribution in [3.05, 3.63) is 80.4 Å². The number of aryl methyl sites for hydroxylation is 2. The second-order valence-corrected chi connectivity index (χ2v) is 8.97. The normalized spacial score (nSPS) is 20.4. The third kappa shape index (κ3) is 5.11. The lowest BCUT2D eigenvalue weighted by Crippen LogP contribution is -2.39. The van der Waals surface area contributed by atoms with Crippen LogP contribution in [0.3, 0.4) is 0 Å². The van der Waals surface area contributed by atoms with Crippen molar-refractivity contribution in [3.8, 4) is 0 Å². The number of non-ortho nitro benzene ring substituents is 1. The van der Waals surface area contributed by atoms with Gasteiger partial charge in [0, 0.05) is 43.9 Å². The van der Waals surface area contributed by atoms with Crippen molar-refractivity contribution >= 4 is 23.1 Å². The van der Waals surface area contributed by atoms with Crippen molar-refractivity contribution in [1.29, 1.82) is 0 Å². The van der Waals surface area contributed by atoms with Crippen molar-refractivity contribution in [3.63, 3.8) is 0 Å². The molecule has 0 bridgehead atoms. The second kappa shape index (κ2) is 10.4. The number of aliphatic hydroxyl groups excluding tert-OH is 1. The van der Waals surface area contributed by atoms with Crippen LogP contribution in [0.25, 0.3) is 5.76 Å². The molecule has 1 unspecified atom stereocenters. The van der Waals surface area contributed by atoms with E-state index in [1.807, 2.05) is 26.0 Å². The molecule has 2 fully saturated rings. The van der Waals surface area contributed by atoms with Gasteiger partial charge in [-0.25, -0.2) is 0 Å². The largest absolute Gasteiger partial charge is 0.507 e. The van der Waals surface area contributed by atoms with Gasteiger partial charge in [-0.15, -0.1) is 0 Å². The molecule has 2 aromatic carbocycles. The van der Waals surface area contributed by atoms with Crippen LogP contribution in [-0.2, 0) is 14.3 Å². The highest BCUT2D eigenvalue weighted by Crippen LogP contribution is 2.40. The van der Waals surface area contributed by atoms with E-state index >= 15 is 0 Å². The smallest absolute Gasteiger partial charge is 0.295 e. The topological polar surface area (TPSA) is 113 Å².